The SMILES string of the molecule is COc1c(C2CCCCC2)c(C(=O)O)nn1C. The lowest BCUT2D eigenvalue weighted by Crippen LogP contribution is -2.10. The molecule has 2 rings (SSSR count). The van der Waals surface area contributed by atoms with E-state index in [2.05, 4.69) is 5.10 Å². The highest BCUT2D eigenvalue weighted by atomic mass is 16.5. The van der Waals surface area contributed by atoms with Gasteiger partial charge in [-0.1, -0.05) is 19.3 Å². The molecular weight excluding hydrogens is 220 g/mol. The van der Waals surface area contributed by atoms with E-state index in [0.29, 0.717) is 5.88 Å². The monoisotopic (exact) mass is 238 g/mol. The minimum absolute atomic E-state index is 0.149. The van der Waals surface area contributed by atoms with Crippen molar-refractivity contribution in [2.24, 2.45) is 7.05 Å². The Hall–Kier alpha value is -1.52. The van der Waals surface area contributed by atoms with E-state index >= 15 is 0 Å². The molecule has 1 N–H and O–H groups in total. The van der Waals surface area contributed by atoms with Gasteiger partial charge in [0.25, 0.3) is 0 Å². The largest absolute Gasteiger partial charge is 0.481 e. The summed E-state index contributed by atoms with van der Waals surface area (Å²) in [5.41, 5.74) is 0.929. The number of aromatic carboxylic acids is 1. The van der Waals surface area contributed by atoms with Crippen LogP contribution >= 0.6 is 0 Å². The lowest BCUT2D eigenvalue weighted by atomic mass is 9.84. The fourth-order valence-corrected chi connectivity index (χ4v) is 2.68. The summed E-state index contributed by atoms with van der Waals surface area (Å²) in [6, 6.07) is 0. The number of carboxylic acids is 1. The molecule has 0 unspecified atom stereocenters. The third-order valence-electron chi connectivity index (χ3n) is 3.44. The number of hydrogen-bond donors (Lipinski definition) is 1. The molecule has 0 spiro atoms. The van der Waals surface area contributed by atoms with Gasteiger partial charge in [0.1, 0.15) is 0 Å². The lowest BCUT2D eigenvalue weighted by molar-refractivity contribution is 0.0687. The molecule has 1 aliphatic carbocycles. The van der Waals surface area contributed by atoms with Crippen molar-refractivity contribution in [3.05, 3.63) is 11.3 Å². The predicted octanol–water partition coefficient (Wildman–Crippen LogP) is 2.17. The number of methoxy groups -OCH3 is 1. The van der Waals surface area contributed by atoms with Gasteiger partial charge < -0.3 is 9.84 Å². The second kappa shape index (κ2) is 4.77. The zero-order chi connectivity index (χ0) is 12.4. The van der Waals surface area contributed by atoms with E-state index in [9.17, 15) is 9.90 Å². The molecule has 0 saturated heterocycles. The van der Waals surface area contributed by atoms with Crippen molar-refractivity contribution in [1.82, 2.24) is 9.78 Å². The van der Waals surface area contributed by atoms with Crippen molar-refractivity contribution >= 4 is 5.97 Å². The molecule has 0 radical (unpaired) electrons. The first-order chi connectivity index (χ1) is 8.15. The molecule has 1 aromatic heterocycles. The van der Waals surface area contributed by atoms with Gasteiger partial charge in [-0.3, -0.25) is 0 Å². The summed E-state index contributed by atoms with van der Waals surface area (Å²) in [5.74, 6) is -0.0997. The molecule has 0 aliphatic heterocycles. The van der Waals surface area contributed by atoms with Crippen molar-refractivity contribution < 1.29 is 14.6 Å². The van der Waals surface area contributed by atoms with E-state index in [0.717, 1.165) is 31.2 Å². The zero-order valence-corrected chi connectivity index (χ0v) is 10.3. The number of aryl methyl sites for hydroxylation is 1. The van der Waals surface area contributed by atoms with Gasteiger partial charge in [-0.05, 0) is 18.8 Å². The van der Waals surface area contributed by atoms with Crippen LogP contribution in [0.1, 0.15) is 54.1 Å². The molecule has 1 aromatic rings. The van der Waals surface area contributed by atoms with Gasteiger partial charge in [-0.25, -0.2) is 9.48 Å². The molecule has 1 fully saturated rings. The Bertz CT molecular complexity index is 420. The molecule has 5 nitrogen and oxygen atoms in total. The smallest absolute Gasteiger partial charge is 0.356 e. The third kappa shape index (κ3) is 2.14. The van der Waals surface area contributed by atoms with Crippen LogP contribution in [0.25, 0.3) is 0 Å². The molecule has 0 amide bonds. The zero-order valence-electron chi connectivity index (χ0n) is 10.3. The van der Waals surface area contributed by atoms with Crippen LogP contribution in [-0.4, -0.2) is 28.0 Å². The Balaban J connectivity index is 2.44. The Morgan fingerprint density at radius 2 is 2.06 bits per heavy atom. The highest BCUT2D eigenvalue weighted by Crippen LogP contribution is 2.39. The van der Waals surface area contributed by atoms with Crippen molar-refractivity contribution in [1.29, 1.82) is 0 Å². The minimum atomic E-state index is -0.968. The van der Waals surface area contributed by atoms with Crippen molar-refractivity contribution in [2.75, 3.05) is 7.11 Å². The van der Waals surface area contributed by atoms with Gasteiger partial charge in [0.15, 0.2) is 5.69 Å². The van der Waals surface area contributed by atoms with Crippen LogP contribution in [0, 0.1) is 0 Å². The fraction of sp³-hybridized carbons (Fsp3) is 0.667. The summed E-state index contributed by atoms with van der Waals surface area (Å²) in [6.07, 6.45) is 5.61. The van der Waals surface area contributed by atoms with E-state index in [1.165, 1.54) is 11.1 Å². The maximum Gasteiger partial charge on any atom is 0.356 e. The van der Waals surface area contributed by atoms with E-state index in [4.69, 9.17) is 4.74 Å². The summed E-state index contributed by atoms with van der Waals surface area (Å²) in [4.78, 5) is 11.2. The second-order valence-corrected chi connectivity index (χ2v) is 4.54. The number of hydrogen-bond acceptors (Lipinski definition) is 3. The molecule has 1 aliphatic rings. The van der Waals surface area contributed by atoms with E-state index in [1.807, 2.05) is 0 Å². The maximum atomic E-state index is 11.2. The number of rotatable bonds is 3. The van der Waals surface area contributed by atoms with Gasteiger partial charge >= 0.3 is 5.97 Å². The Morgan fingerprint density at radius 3 is 2.59 bits per heavy atom. The number of carbonyl (C=O) groups is 1. The molecule has 0 atom stereocenters. The van der Waals surface area contributed by atoms with Crippen molar-refractivity contribution in [3.8, 4) is 5.88 Å². The first kappa shape index (κ1) is 12.0. The van der Waals surface area contributed by atoms with Gasteiger partial charge in [0.2, 0.25) is 5.88 Å². The summed E-state index contributed by atoms with van der Waals surface area (Å²) in [7, 11) is 3.28. The second-order valence-electron chi connectivity index (χ2n) is 4.54. The fourth-order valence-electron chi connectivity index (χ4n) is 2.68. The van der Waals surface area contributed by atoms with Crippen molar-refractivity contribution in [3.63, 3.8) is 0 Å². The van der Waals surface area contributed by atoms with E-state index < -0.39 is 5.97 Å². The number of carboxylic acid groups (broad SMARTS) is 1. The predicted molar refractivity (Wildman–Crippen MR) is 62.5 cm³/mol. The number of aromatic nitrogens is 2. The molecule has 0 bridgehead atoms. The molecule has 94 valence electrons. The lowest BCUT2D eigenvalue weighted by Gasteiger charge is -2.21. The van der Waals surface area contributed by atoms with Crippen LogP contribution < -0.4 is 4.74 Å². The summed E-state index contributed by atoms with van der Waals surface area (Å²) < 4.78 is 6.82. The minimum Gasteiger partial charge on any atom is -0.481 e. The Kier molecular flexibility index (Phi) is 3.36. The normalized spacial score (nSPS) is 17.1. The first-order valence-electron chi connectivity index (χ1n) is 5.99. The molecule has 0 aromatic carbocycles. The average Bonchev–Trinajstić information content (AvgIpc) is 2.67. The highest BCUT2D eigenvalue weighted by molar-refractivity contribution is 5.88. The number of ether oxygens (including phenoxy) is 1. The standard InChI is InChI=1S/C12H18N2O3/c1-14-11(17-2)9(10(13-14)12(15)16)8-6-4-3-5-7-8/h8H,3-7H2,1-2H3,(H,15,16). The summed E-state index contributed by atoms with van der Waals surface area (Å²) >= 11 is 0. The van der Waals surface area contributed by atoms with Gasteiger partial charge in [0.05, 0.1) is 12.7 Å². The average molecular weight is 238 g/mol. The quantitative estimate of drug-likeness (QED) is 0.876. The first-order valence-corrected chi connectivity index (χ1v) is 5.99. The Labute approximate surface area is 100 Å². The highest BCUT2D eigenvalue weighted by Gasteiger charge is 2.29. The van der Waals surface area contributed by atoms with Gasteiger partial charge in [-0.2, -0.15) is 5.10 Å². The Morgan fingerprint density at radius 1 is 1.41 bits per heavy atom. The topological polar surface area (TPSA) is 64.3 Å². The van der Waals surface area contributed by atoms with E-state index in [-0.39, 0.29) is 11.6 Å². The molecular formula is C12H18N2O3. The molecule has 1 saturated carbocycles. The van der Waals surface area contributed by atoms with Crippen LogP contribution in [0.15, 0.2) is 0 Å². The van der Waals surface area contributed by atoms with Crippen LogP contribution in [0.5, 0.6) is 5.88 Å². The molecule has 5 heteroatoms. The van der Waals surface area contributed by atoms with Gasteiger partial charge in [-0.15, -0.1) is 0 Å². The van der Waals surface area contributed by atoms with Crippen molar-refractivity contribution in [2.45, 2.75) is 38.0 Å². The maximum absolute atomic E-state index is 11.2. The van der Waals surface area contributed by atoms with Crippen LogP contribution in [-0.2, 0) is 7.05 Å². The van der Waals surface area contributed by atoms with Crippen LogP contribution in [0.4, 0.5) is 0 Å². The van der Waals surface area contributed by atoms with E-state index in [1.54, 1.807) is 14.2 Å². The molecule has 1 heterocycles. The summed E-state index contributed by atoms with van der Waals surface area (Å²) in [5, 5.41) is 13.2. The number of nitrogens with zero attached hydrogens (tertiary/aromatic N) is 2. The van der Waals surface area contributed by atoms with Crippen LogP contribution in [0.3, 0.4) is 0 Å². The van der Waals surface area contributed by atoms with Gasteiger partial charge in [0, 0.05) is 7.05 Å². The van der Waals surface area contributed by atoms with Crippen LogP contribution in [0.2, 0.25) is 0 Å². The summed E-state index contributed by atoms with van der Waals surface area (Å²) in [6.45, 7) is 0. The molecule has 17 heavy (non-hydrogen) atoms. The third-order valence-corrected chi connectivity index (χ3v) is 3.44.